The summed E-state index contributed by atoms with van der Waals surface area (Å²) in [6, 6.07) is 2.41. The van der Waals surface area contributed by atoms with Crippen LogP contribution >= 0.6 is 0 Å². The molecule has 2 rings (SSSR count). The van der Waals surface area contributed by atoms with Crippen LogP contribution in [0.15, 0.2) is 35.6 Å². The van der Waals surface area contributed by atoms with Crippen molar-refractivity contribution in [1.29, 1.82) is 0 Å². The number of hydrogen-bond acceptors (Lipinski definition) is 5. The van der Waals surface area contributed by atoms with E-state index >= 15 is 0 Å². The minimum Gasteiger partial charge on any atom is -0.478 e. The molecule has 0 bridgehead atoms. The molecule has 0 aromatic carbocycles. The van der Waals surface area contributed by atoms with Crippen molar-refractivity contribution in [3.8, 4) is 11.6 Å². The van der Waals surface area contributed by atoms with E-state index in [-0.39, 0.29) is 17.2 Å². The van der Waals surface area contributed by atoms with Crippen LogP contribution in [0.1, 0.15) is 10.4 Å². The molecule has 0 unspecified atom stereocenters. The Balaban J connectivity index is 2.36. The Bertz CT molecular complexity index is 608. The van der Waals surface area contributed by atoms with Gasteiger partial charge in [-0.1, -0.05) is 0 Å². The molecule has 0 aliphatic heterocycles. The van der Waals surface area contributed by atoms with Crippen molar-refractivity contribution in [3.05, 3.63) is 46.8 Å². The molecular weight excluding hydrogens is 226 g/mol. The topological polar surface area (TPSA) is 105 Å². The second-order valence-electron chi connectivity index (χ2n) is 3.03. The van der Waals surface area contributed by atoms with Crippen molar-refractivity contribution >= 4 is 5.97 Å². The summed E-state index contributed by atoms with van der Waals surface area (Å²) in [6.45, 7) is 0. The van der Waals surface area contributed by atoms with Gasteiger partial charge in [0, 0.05) is 6.20 Å². The van der Waals surface area contributed by atoms with Crippen LogP contribution in [0.2, 0.25) is 0 Å². The van der Waals surface area contributed by atoms with E-state index in [1.54, 1.807) is 0 Å². The zero-order chi connectivity index (χ0) is 12.3. The lowest BCUT2D eigenvalue weighted by Crippen LogP contribution is -2.06. The van der Waals surface area contributed by atoms with E-state index in [1.807, 2.05) is 0 Å². The van der Waals surface area contributed by atoms with Gasteiger partial charge in [-0.05, 0) is 6.07 Å². The molecule has 0 radical (unpaired) electrons. The van der Waals surface area contributed by atoms with E-state index in [4.69, 9.17) is 9.84 Å². The molecule has 0 saturated carbocycles. The van der Waals surface area contributed by atoms with Gasteiger partial charge < -0.3 is 14.8 Å². The summed E-state index contributed by atoms with van der Waals surface area (Å²) in [7, 11) is 0. The first-order valence-electron chi connectivity index (χ1n) is 4.57. The smallest absolute Gasteiger partial charge is 0.339 e. The van der Waals surface area contributed by atoms with Crippen LogP contribution in [0.5, 0.6) is 11.6 Å². The van der Waals surface area contributed by atoms with Gasteiger partial charge in [-0.15, -0.1) is 0 Å². The van der Waals surface area contributed by atoms with Crippen LogP contribution in [0, 0.1) is 0 Å². The standard InChI is InChI=1S/C10H7N3O4/c14-8-3-9(13-5-12-8)17-7-4-11-2-1-6(7)10(15)16/h1-5H,(H,15,16)(H,12,13,14). The summed E-state index contributed by atoms with van der Waals surface area (Å²) in [5.41, 5.74) is -0.446. The second kappa shape index (κ2) is 4.44. The third-order valence-electron chi connectivity index (χ3n) is 1.88. The average molecular weight is 233 g/mol. The maximum Gasteiger partial charge on any atom is 0.339 e. The summed E-state index contributed by atoms with van der Waals surface area (Å²) >= 11 is 0. The number of H-pyrrole nitrogens is 1. The maximum absolute atomic E-state index is 11.0. The maximum atomic E-state index is 11.0. The third kappa shape index (κ3) is 2.46. The van der Waals surface area contributed by atoms with Crippen LogP contribution in [0.4, 0.5) is 0 Å². The highest BCUT2D eigenvalue weighted by Gasteiger charge is 2.12. The molecular formula is C10H7N3O4. The van der Waals surface area contributed by atoms with E-state index in [1.165, 1.54) is 18.5 Å². The first kappa shape index (κ1) is 10.8. The highest BCUT2D eigenvalue weighted by atomic mass is 16.5. The van der Waals surface area contributed by atoms with Crippen LogP contribution in [-0.4, -0.2) is 26.0 Å². The highest BCUT2D eigenvalue weighted by Crippen LogP contribution is 2.21. The van der Waals surface area contributed by atoms with Crippen molar-refractivity contribution in [3.63, 3.8) is 0 Å². The lowest BCUT2D eigenvalue weighted by Gasteiger charge is -2.05. The molecule has 2 aromatic rings. The molecule has 0 amide bonds. The normalized spacial score (nSPS) is 9.88. The number of ether oxygens (including phenoxy) is 1. The number of aromatic nitrogens is 3. The van der Waals surface area contributed by atoms with Crippen LogP contribution < -0.4 is 10.3 Å². The van der Waals surface area contributed by atoms with Crippen molar-refractivity contribution in [2.75, 3.05) is 0 Å². The molecule has 7 nitrogen and oxygen atoms in total. The average Bonchev–Trinajstić information content (AvgIpc) is 2.29. The molecule has 0 spiro atoms. The van der Waals surface area contributed by atoms with E-state index in [0.717, 1.165) is 12.4 Å². The first-order valence-corrected chi connectivity index (χ1v) is 4.57. The summed E-state index contributed by atoms with van der Waals surface area (Å²) in [5, 5.41) is 8.90. The van der Waals surface area contributed by atoms with E-state index in [2.05, 4.69) is 15.0 Å². The van der Waals surface area contributed by atoms with Crippen molar-refractivity contribution < 1.29 is 14.6 Å². The van der Waals surface area contributed by atoms with Gasteiger partial charge >= 0.3 is 5.97 Å². The highest BCUT2D eigenvalue weighted by molar-refractivity contribution is 5.90. The Morgan fingerprint density at radius 3 is 3.00 bits per heavy atom. The number of aromatic carboxylic acids is 1. The Morgan fingerprint density at radius 1 is 1.47 bits per heavy atom. The Labute approximate surface area is 94.7 Å². The second-order valence-corrected chi connectivity index (χ2v) is 3.03. The molecule has 0 atom stereocenters. The third-order valence-corrected chi connectivity index (χ3v) is 1.88. The molecule has 0 aliphatic carbocycles. The lowest BCUT2D eigenvalue weighted by atomic mass is 10.2. The van der Waals surface area contributed by atoms with E-state index < -0.39 is 11.5 Å². The SMILES string of the molecule is O=C(O)c1ccncc1Oc1cc(=O)[nH]cn1. The van der Waals surface area contributed by atoms with Crippen LogP contribution in [-0.2, 0) is 0 Å². The van der Waals surface area contributed by atoms with Gasteiger partial charge in [0.25, 0.3) is 5.56 Å². The zero-order valence-electron chi connectivity index (χ0n) is 8.45. The molecule has 2 aromatic heterocycles. The molecule has 86 valence electrons. The summed E-state index contributed by atoms with van der Waals surface area (Å²) in [4.78, 5) is 31.7. The Kier molecular flexibility index (Phi) is 2.82. The molecule has 2 heterocycles. The number of aromatic amines is 1. The number of rotatable bonds is 3. The summed E-state index contributed by atoms with van der Waals surface area (Å²) < 4.78 is 5.18. The number of pyridine rings is 1. The first-order chi connectivity index (χ1) is 8.16. The van der Waals surface area contributed by atoms with Gasteiger partial charge in [0.2, 0.25) is 5.88 Å². The van der Waals surface area contributed by atoms with Crippen LogP contribution in [0.3, 0.4) is 0 Å². The summed E-state index contributed by atoms with van der Waals surface area (Å²) in [5.74, 6) is -1.12. The molecule has 0 saturated heterocycles. The number of hydrogen-bond donors (Lipinski definition) is 2. The molecule has 0 fully saturated rings. The van der Waals surface area contributed by atoms with Crippen molar-refractivity contribution in [2.24, 2.45) is 0 Å². The Morgan fingerprint density at radius 2 is 2.29 bits per heavy atom. The lowest BCUT2D eigenvalue weighted by molar-refractivity contribution is 0.0694. The molecule has 2 N–H and O–H groups in total. The van der Waals surface area contributed by atoms with Gasteiger partial charge in [-0.3, -0.25) is 9.78 Å². The molecule has 7 heteroatoms. The Hall–Kier alpha value is -2.70. The fourth-order valence-electron chi connectivity index (χ4n) is 1.16. The van der Waals surface area contributed by atoms with Crippen LogP contribution in [0.25, 0.3) is 0 Å². The number of nitrogens with zero attached hydrogens (tertiary/aromatic N) is 2. The molecule has 0 aliphatic rings. The quantitative estimate of drug-likeness (QED) is 0.806. The number of carboxylic acids is 1. The van der Waals surface area contributed by atoms with Gasteiger partial charge in [0.1, 0.15) is 5.56 Å². The minimum absolute atomic E-state index is 0.00394. The van der Waals surface area contributed by atoms with Gasteiger partial charge in [0.05, 0.1) is 18.6 Å². The monoisotopic (exact) mass is 233 g/mol. The van der Waals surface area contributed by atoms with Crippen molar-refractivity contribution in [1.82, 2.24) is 15.0 Å². The van der Waals surface area contributed by atoms with E-state index in [9.17, 15) is 9.59 Å². The number of carbonyl (C=O) groups is 1. The largest absolute Gasteiger partial charge is 0.478 e. The van der Waals surface area contributed by atoms with Crippen molar-refractivity contribution in [2.45, 2.75) is 0 Å². The fraction of sp³-hybridized carbons (Fsp3) is 0. The van der Waals surface area contributed by atoms with Gasteiger partial charge in [0.15, 0.2) is 5.75 Å². The predicted octanol–water partition coefficient (Wildman–Crippen LogP) is 0.655. The number of nitrogens with one attached hydrogen (secondary N) is 1. The molecule has 17 heavy (non-hydrogen) atoms. The fourth-order valence-corrected chi connectivity index (χ4v) is 1.16. The van der Waals surface area contributed by atoms with Gasteiger partial charge in [-0.25, -0.2) is 9.78 Å². The predicted molar refractivity (Wildman–Crippen MR) is 56.1 cm³/mol. The zero-order valence-corrected chi connectivity index (χ0v) is 8.45. The number of carboxylic acid groups (broad SMARTS) is 1. The summed E-state index contributed by atoms with van der Waals surface area (Å²) in [6.07, 6.45) is 3.74. The van der Waals surface area contributed by atoms with Gasteiger partial charge in [-0.2, -0.15) is 0 Å². The van der Waals surface area contributed by atoms with E-state index in [0.29, 0.717) is 0 Å². The minimum atomic E-state index is -1.15.